The lowest BCUT2D eigenvalue weighted by atomic mass is 9.98. The Bertz CT molecular complexity index is 460. The van der Waals surface area contributed by atoms with Gasteiger partial charge in [-0.2, -0.15) is 0 Å². The van der Waals surface area contributed by atoms with E-state index in [9.17, 15) is 15.3 Å². The molecule has 0 aromatic carbocycles. The summed E-state index contributed by atoms with van der Waals surface area (Å²) >= 11 is 0. The Morgan fingerprint density at radius 2 is 1.31 bits per heavy atom. The molecule has 150 valence electrons. The molecule has 0 aliphatic carbocycles. The molecule has 4 fully saturated rings. The van der Waals surface area contributed by atoms with E-state index in [0.29, 0.717) is 58.5 Å². The Balaban J connectivity index is 1.33. The van der Waals surface area contributed by atoms with Crippen LogP contribution in [0.15, 0.2) is 0 Å². The quantitative estimate of drug-likeness (QED) is 0.280. The average Bonchev–Trinajstić information content (AvgIpc) is 3.38. The zero-order valence-electron chi connectivity index (χ0n) is 15.0. The van der Waals surface area contributed by atoms with Crippen molar-refractivity contribution < 1.29 is 39.0 Å². The van der Waals surface area contributed by atoms with Gasteiger partial charge in [0.1, 0.15) is 0 Å². The highest BCUT2D eigenvalue weighted by Gasteiger charge is 2.43. The molecule has 8 unspecified atom stereocenters. The first-order valence-electron chi connectivity index (χ1n) is 9.70. The van der Waals surface area contributed by atoms with Crippen molar-refractivity contribution in [1.29, 1.82) is 0 Å². The Labute approximate surface area is 153 Å². The summed E-state index contributed by atoms with van der Waals surface area (Å²) in [5, 5.41) is 31.7. The number of aliphatic hydroxyl groups excluding tert-OH is 2. The molecule has 3 N–H and O–H groups in total. The van der Waals surface area contributed by atoms with Gasteiger partial charge in [0.15, 0.2) is 5.79 Å². The van der Waals surface area contributed by atoms with Crippen LogP contribution in [0.3, 0.4) is 0 Å². The van der Waals surface area contributed by atoms with Gasteiger partial charge in [-0.05, 0) is 6.42 Å². The Kier molecular flexibility index (Phi) is 5.83. The fraction of sp³-hybridized carbons (Fsp3) is 1.00. The van der Waals surface area contributed by atoms with Crippen molar-refractivity contribution in [3.05, 3.63) is 0 Å². The van der Waals surface area contributed by atoms with Crippen LogP contribution in [0, 0.1) is 0 Å². The molecule has 0 aromatic heterocycles. The van der Waals surface area contributed by atoms with Crippen molar-refractivity contribution in [2.24, 2.45) is 0 Å². The second-order valence-corrected chi connectivity index (χ2v) is 8.17. The third kappa shape index (κ3) is 6.69. The lowest BCUT2D eigenvalue weighted by molar-refractivity contribution is -0.254. The first-order chi connectivity index (χ1) is 12.5. The molecule has 0 spiro atoms. The minimum Gasteiger partial charge on any atom is -0.393 e. The van der Waals surface area contributed by atoms with Gasteiger partial charge in [0.25, 0.3) is 0 Å². The molecule has 8 nitrogen and oxygen atoms in total. The van der Waals surface area contributed by atoms with E-state index < -0.39 is 18.0 Å². The zero-order valence-corrected chi connectivity index (χ0v) is 15.0. The van der Waals surface area contributed by atoms with Crippen LogP contribution in [-0.4, -0.2) is 90.3 Å². The second kappa shape index (κ2) is 7.97. The highest BCUT2D eigenvalue weighted by atomic mass is 16.6. The minimum atomic E-state index is -1.48. The van der Waals surface area contributed by atoms with Gasteiger partial charge < -0.3 is 39.0 Å². The lowest BCUT2D eigenvalue weighted by Crippen LogP contribution is -2.43. The van der Waals surface area contributed by atoms with E-state index in [4.69, 9.17) is 23.7 Å². The SMILES string of the molecule is OC(CC1CO1)CC(CC1CO1)OC(O)(CC(O)CC1CO1)CC1CO1. The fourth-order valence-electron chi connectivity index (χ4n) is 3.59. The molecule has 4 saturated heterocycles. The summed E-state index contributed by atoms with van der Waals surface area (Å²) < 4.78 is 27.0. The van der Waals surface area contributed by atoms with Crippen LogP contribution >= 0.6 is 0 Å². The van der Waals surface area contributed by atoms with E-state index in [0.717, 1.165) is 0 Å². The normalized spacial score (nSPS) is 37.5. The number of epoxide rings is 4. The maximum absolute atomic E-state index is 11.1. The highest BCUT2D eigenvalue weighted by Crippen LogP contribution is 2.34. The lowest BCUT2D eigenvalue weighted by Gasteiger charge is -2.34. The molecular formula is C18H30O8. The Morgan fingerprint density at radius 1 is 0.808 bits per heavy atom. The second-order valence-electron chi connectivity index (χ2n) is 8.17. The molecule has 4 aliphatic rings. The van der Waals surface area contributed by atoms with Gasteiger partial charge in [-0.1, -0.05) is 0 Å². The predicted octanol–water partition coefficient (Wildman–Crippen LogP) is -0.282. The molecule has 0 saturated carbocycles. The van der Waals surface area contributed by atoms with Gasteiger partial charge in [-0.15, -0.1) is 0 Å². The summed E-state index contributed by atoms with van der Waals surface area (Å²) in [6.45, 7) is 2.66. The summed E-state index contributed by atoms with van der Waals surface area (Å²) in [4.78, 5) is 0. The average molecular weight is 374 g/mol. The van der Waals surface area contributed by atoms with E-state index >= 15 is 0 Å². The van der Waals surface area contributed by atoms with E-state index in [1.807, 2.05) is 0 Å². The van der Waals surface area contributed by atoms with Crippen molar-refractivity contribution in [2.45, 2.75) is 87.0 Å². The van der Waals surface area contributed by atoms with Gasteiger partial charge >= 0.3 is 0 Å². The van der Waals surface area contributed by atoms with E-state index in [1.54, 1.807) is 0 Å². The Hall–Kier alpha value is -0.320. The third-order valence-electron chi connectivity index (χ3n) is 5.23. The van der Waals surface area contributed by atoms with Crippen LogP contribution in [0.25, 0.3) is 0 Å². The van der Waals surface area contributed by atoms with Gasteiger partial charge in [0.2, 0.25) is 0 Å². The van der Waals surface area contributed by atoms with Crippen LogP contribution in [0.2, 0.25) is 0 Å². The number of aliphatic hydroxyl groups is 3. The van der Waals surface area contributed by atoms with Gasteiger partial charge in [0.05, 0.1) is 69.2 Å². The molecule has 26 heavy (non-hydrogen) atoms. The number of rotatable bonds is 14. The minimum absolute atomic E-state index is 0.0352. The molecule has 0 aromatic rings. The molecule has 0 bridgehead atoms. The van der Waals surface area contributed by atoms with E-state index in [-0.39, 0.29) is 36.9 Å². The molecule has 4 rings (SSSR count). The number of hydrogen-bond donors (Lipinski definition) is 3. The molecular weight excluding hydrogens is 344 g/mol. The van der Waals surface area contributed by atoms with Crippen LogP contribution in [-0.2, 0) is 23.7 Å². The number of hydrogen-bond acceptors (Lipinski definition) is 8. The summed E-state index contributed by atoms with van der Waals surface area (Å²) in [5.74, 6) is -1.48. The van der Waals surface area contributed by atoms with Crippen LogP contribution in [0.4, 0.5) is 0 Å². The summed E-state index contributed by atoms with van der Waals surface area (Å²) in [6, 6.07) is 0. The first kappa shape index (κ1) is 19.0. The molecule has 8 heteroatoms. The van der Waals surface area contributed by atoms with Crippen LogP contribution < -0.4 is 0 Å². The zero-order chi connectivity index (χ0) is 18.1. The summed E-state index contributed by atoms with van der Waals surface area (Å²) in [6.07, 6.45) is 1.26. The highest BCUT2D eigenvalue weighted by molar-refractivity contribution is 4.87. The standard InChI is InChI=1S/C18H30O8/c19-11(2-14-7-22-14)1-13(4-16-9-24-16)26-18(21,6-17-10-25-17)5-12(20)3-15-8-23-15/h11-17,19-21H,1-10H2. The van der Waals surface area contributed by atoms with Crippen molar-refractivity contribution in [3.8, 4) is 0 Å². The monoisotopic (exact) mass is 374 g/mol. The van der Waals surface area contributed by atoms with Gasteiger partial charge in [0, 0.05) is 32.1 Å². The number of ether oxygens (including phenoxy) is 5. The van der Waals surface area contributed by atoms with Crippen molar-refractivity contribution >= 4 is 0 Å². The fourth-order valence-corrected chi connectivity index (χ4v) is 3.59. The van der Waals surface area contributed by atoms with E-state index in [2.05, 4.69) is 0 Å². The molecule has 8 atom stereocenters. The smallest absolute Gasteiger partial charge is 0.170 e. The van der Waals surface area contributed by atoms with Crippen molar-refractivity contribution in [2.75, 3.05) is 26.4 Å². The van der Waals surface area contributed by atoms with Gasteiger partial charge in [-0.25, -0.2) is 0 Å². The van der Waals surface area contributed by atoms with Gasteiger partial charge in [-0.3, -0.25) is 0 Å². The van der Waals surface area contributed by atoms with Crippen LogP contribution in [0.1, 0.15) is 38.5 Å². The van der Waals surface area contributed by atoms with Crippen molar-refractivity contribution in [1.82, 2.24) is 0 Å². The molecule has 0 amide bonds. The largest absolute Gasteiger partial charge is 0.393 e. The summed E-state index contributed by atoms with van der Waals surface area (Å²) in [5.41, 5.74) is 0. The third-order valence-corrected chi connectivity index (χ3v) is 5.23. The molecule has 4 aliphatic heterocycles. The summed E-state index contributed by atoms with van der Waals surface area (Å²) in [7, 11) is 0. The topological polar surface area (TPSA) is 120 Å². The van der Waals surface area contributed by atoms with Crippen LogP contribution in [0.5, 0.6) is 0 Å². The predicted molar refractivity (Wildman–Crippen MR) is 88.5 cm³/mol. The maximum atomic E-state index is 11.1. The molecule has 4 heterocycles. The Morgan fingerprint density at radius 3 is 1.85 bits per heavy atom. The maximum Gasteiger partial charge on any atom is 0.170 e. The first-order valence-corrected chi connectivity index (χ1v) is 9.70. The van der Waals surface area contributed by atoms with Crippen molar-refractivity contribution in [3.63, 3.8) is 0 Å². The van der Waals surface area contributed by atoms with E-state index in [1.165, 1.54) is 0 Å². The molecule has 0 radical (unpaired) electrons.